The van der Waals surface area contributed by atoms with E-state index in [9.17, 15) is 27.9 Å². The number of aryl methyl sites for hydroxylation is 1. The Morgan fingerprint density at radius 2 is 1.90 bits per heavy atom. The number of aromatic hydroxyl groups is 1. The second-order valence-corrected chi connectivity index (χ2v) is 6.58. The molecule has 0 bridgehead atoms. The van der Waals surface area contributed by atoms with E-state index >= 15 is 0 Å². The van der Waals surface area contributed by atoms with Gasteiger partial charge in [-0.3, -0.25) is 9.59 Å². The van der Waals surface area contributed by atoms with Gasteiger partial charge in [-0.25, -0.2) is 5.43 Å². The Labute approximate surface area is 169 Å². The van der Waals surface area contributed by atoms with E-state index in [1.165, 1.54) is 19.1 Å². The maximum Gasteiger partial charge on any atom is 0.417 e. The summed E-state index contributed by atoms with van der Waals surface area (Å²) in [5.41, 5.74) is 1.81. The monoisotopic (exact) mass is 427 g/mol. The molecular weight excluding hydrogens is 411 g/mol. The number of para-hydroxylation sites is 1. The standard InChI is InChI=1S/C19H17ClF3N3O3/c1-10-4-3-5-13(17(10)28)18(29)26-25-11(2)8-16(27)24-12-6-7-15(20)14(9-12)19(21,22)23/h3-7,9,28H,8H2,1-2H3,(H,24,27)(H,26,29)/b25-11+. The van der Waals surface area contributed by atoms with Gasteiger partial charge in [-0.15, -0.1) is 0 Å². The number of carbonyl (C=O) groups is 2. The molecule has 0 aliphatic rings. The number of benzene rings is 2. The van der Waals surface area contributed by atoms with Crippen molar-refractivity contribution in [2.24, 2.45) is 5.10 Å². The Balaban J connectivity index is 2.00. The maximum absolute atomic E-state index is 12.9. The van der Waals surface area contributed by atoms with Crippen molar-refractivity contribution in [2.45, 2.75) is 26.4 Å². The number of halogens is 4. The normalized spacial score (nSPS) is 11.9. The van der Waals surface area contributed by atoms with Gasteiger partial charge in [0.2, 0.25) is 5.91 Å². The summed E-state index contributed by atoms with van der Waals surface area (Å²) in [4.78, 5) is 24.1. The number of amides is 2. The smallest absolute Gasteiger partial charge is 0.417 e. The zero-order valence-corrected chi connectivity index (χ0v) is 16.1. The van der Waals surface area contributed by atoms with Gasteiger partial charge >= 0.3 is 6.18 Å². The summed E-state index contributed by atoms with van der Waals surface area (Å²) in [6.07, 6.45) is -4.93. The lowest BCUT2D eigenvalue weighted by atomic mass is 10.1. The quantitative estimate of drug-likeness (QED) is 0.484. The molecule has 154 valence electrons. The molecule has 0 spiro atoms. The zero-order chi connectivity index (χ0) is 21.8. The molecule has 0 heterocycles. The van der Waals surface area contributed by atoms with Crippen LogP contribution in [0.4, 0.5) is 18.9 Å². The Bertz CT molecular complexity index is 975. The molecule has 0 aromatic heterocycles. The maximum atomic E-state index is 12.9. The molecule has 0 saturated carbocycles. The van der Waals surface area contributed by atoms with Gasteiger partial charge in [0, 0.05) is 11.4 Å². The molecule has 0 radical (unpaired) electrons. The molecule has 0 aliphatic carbocycles. The fraction of sp³-hybridized carbons (Fsp3) is 0.211. The Morgan fingerprint density at radius 3 is 2.55 bits per heavy atom. The summed E-state index contributed by atoms with van der Waals surface area (Å²) in [5.74, 6) is -1.48. The minimum absolute atomic E-state index is 0.0202. The van der Waals surface area contributed by atoms with Crippen LogP contribution in [0.15, 0.2) is 41.5 Å². The number of rotatable bonds is 5. The number of hydrogen-bond donors (Lipinski definition) is 3. The average molecular weight is 428 g/mol. The molecule has 2 aromatic carbocycles. The van der Waals surface area contributed by atoms with Crippen LogP contribution in [0.5, 0.6) is 5.75 Å². The molecule has 0 unspecified atom stereocenters. The highest BCUT2D eigenvalue weighted by molar-refractivity contribution is 6.31. The van der Waals surface area contributed by atoms with E-state index in [0.717, 1.165) is 12.1 Å². The number of phenols is 1. The number of phenolic OH excluding ortho intramolecular Hbond substituents is 1. The van der Waals surface area contributed by atoms with Crippen molar-refractivity contribution < 1.29 is 27.9 Å². The van der Waals surface area contributed by atoms with Crippen LogP contribution in [0, 0.1) is 6.92 Å². The largest absolute Gasteiger partial charge is 0.507 e. The summed E-state index contributed by atoms with van der Waals surface area (Å²) < 4.78 is 38.6. The molecule has 0 atom stereocenters. The second-order valence-electron chi connectivity index (χ2n) is 6.18. The molecule has 10 heteroatoms. The van der Waals surface area contributed by atoms with Crippen molar-refractivity contribution in [1.29, 1.82) is 0 Å². The van der Waals surface area contributed by atoms with Crippen LogP contribution in [-0.4, -0.2) is 22.6 Å². The van der Waals surface area contributed by atoms with E-state index in [4.69, 9.17) is 11.6 Å². The second kappa shape index (κ2) is 8.95. The topological polar surface area (TPSA) is 90.8 Å². The SMILES string of the molecule is C/C(CC(=O)Nc1ccc(Cl)c(C(F)(F)F)c1)=N\NC(=O)c1cccc(C)c1O. The highest BCUT2D eigenvalue weighted by Gasteiger charge is 2.33. The van der Waals surface area contributed by atoms with Crippen molar-refractivity contribution in [1.82, 2.24) is 5.43 Å². The summed E-state index contributed by atoms with van der Waals surface area (Å²) >= 11 is 5.53. The lowest BCUT2D eigenvalue weighted by Gasteiger charge is -2.12. The predicted molar refractivity (Wildman–Crippen MR) is 103 cm³/mol. The summed E-state index contributed by atoms with van der Waals surface area (Å²) in [5, 5.41) is 15.5. The Kier molecular flexibility index (Phi) is 6.86. The van der Waals surface area contributed by atoms with Crippen molar-refractivity contribution in [3.05, 3.63) is 58.1 Å². The van der Waals surface area contributed by atoms with Gasteiger partial charge in [0.15, 0.2) is 0 Å². The zero-order valence-electron chi connectivity index (χ0n) is 15.4. The van der Waals surface area contributed by atoms with Crippen molar-refractivity contribution in [3.8, 4) is 5.75 Å². The number of anilines is 1. The van der Waals surface area contributed by atoms with Gasteiger partial charge in [-0.2, -0.15) is 18.3 Å². The van der Waals surface area contributed by atoms with Crippen LogP contribution < -0.4 is 10.7 Å². The van der Waals surface area contributed by atoms with Crippen LogP contribution in [0.3, 0.4) is 0 Å². The number of alkyl halides is 3. The van der Waals surface area contributed by atoms with Crippen LogP contribution >= 0.6 is 11.6 Å². The Morgan fingerprint density at radius 1 is 1.21 bits per heavy atom. The van der Waals surface area contributed by atoms with Crippen LogP contribution in [0.25, 0.3) is 0 Å². The van der Waals surface area contributed by atoms with E-state index in [2.05, 4.69) is 15.8 Å². The van der Waals surface area contributed by atoms with Crippen LogP contribution in [0.2, 0.25) is 5.02 Å². The van der Waals surface area contributed by atoms with E-state index in [1.54, 1.807) is 19.1 Å². The van der Waals surface area contributed by atoms with Gasteiger partial charge in [0.05, 0.1) is 22.6 Å². The molecule has 2 rings (SSSR count). The van der Waals surface area contributed by atoms with Crippen LogP contribution in [0.1, 0.15) is 34.8 Å². The van der Waals surface area contributed by atoms with Crippen molar-refractivity contribution in [3.63, 3.8) is 0 Å². The van der Waals surface area contributed by atoms with Crippen molar-refractivity contribution >= 4 is 34.8 Å². The average Bonchev–Trinajstić information content (AvgIpc) is 2.62. The predicted octanol–water partition coefficient (Wildman–Crippen LogP) is 4.51. The molecule has 0 fully saturated rings. The summed E-state index contributed by atoms with van der Waals surface area (Å²) in [6, 6.07) is 7.64. The van der Waals surface area contributed by atoms with Gasteiger partial charge < -0.3 is 10.4 Å². The lowest BCUT2D eigenvalue weighted by Crippen LogP contribution is -2.21. The van der Waals surface area contributed by atoms with E-state index in [1.807, 2.05) is 0 Å². The Hall–Kier alpha value is -3.07. The minimum Gasteiger partial charge on any atom is -0.507 e. The molecule has 2 amide bonds. The number of hydrazone groups is 1. The lowest BCUT2D eigenvalue weighted by molar-refractivity contribution is -0.137. The third-order valence-electron chi connectivity index (χ3n) is 3.80. The van der Waals surface area contributed by atoms with Gasteiger partial charge in [-0.1, -0.05) is 23.7 Å². The molecular formula is C19H17ClF3N3O3. The highest BCUT2D eigenvalue weighted by atomic mass is 35.5. The molecule has 6 nitrogen and oxygen atoms in total. The number of nitrogens with one attached hydrogen (secondary N) is 2. The third kappa shape index (κ3) is 5.95. The molecule has 3 N–H and O–H groups in total. The number of nitrogens with zero attached hydrogens (tertiary/aromatic N) is 1. The fourth-order valence-corrected chi connectivity index (χ4v) is 2.57. The van der Waals surface area contributed by atoms with E-state index in [-0.39, 0.29) is 29.1 Å². The highest BCUT2D eigenvalue weighted by Crippen LogP contribution is 2.36. The van der Waals surface area contributed by atoms with Crippen LogP contribution in [-0.2, 0) is 11.0 Å². The first kappa shape index (κ1) is 22.2. The van der Waals surface area contributed by atoms with Crippen molar-refractivity contribution in [2.75, 3.05) is 5.32 Å². The molecule has 29 heavy (non-hydrogen) atoms. The third-order valence-corrected chi connectivity index (χ3v) is 4.13. The number of carbonyl (C=O) groups excluding carboxylic acids is 2. The minimum atomic E-state index is -4.65. The first-order valence-electron chi connectivity index (χ1n) is 8.27. The van der Waals surface area contributed by atoms with Gasteiger partial charge in [0.25, 0.3) is 5.91 Å². The van der Waals surface area contributed by atoms with E-state index < -0.39 is 28.6 Å². The summed E-state index contributed by atoms with van der Waals surface area (Å²) in [7, 11) is 0. The number of hydrogen-bond acceptors (Lipinski definition) is 4. The van der Waals surface area contributed by atoms with Gasteiger partial charge in [-0.05, 0) is 43.7 Å². The first-order chi connectivity index (χ1) is 13.5. The molecule has 2 aromatic rings. The van der Waals surface area contributed by atoms with E-state index in [0.29, 0.717) is 5.56 Å². The molecule has 0 aliphatic heterocycles. The fourth-order valence-electron chi connectivity index (χ4n) is 2.35. The summed E-state index contributed by atoms with van der Waals surface area (Å²) in [6.45, 7) is 3.09. The molecule has 0 saturated heterocycles. The van der Waals surface area contributed by atoms with Gasteiger partial charge in [0.1, 0.15) is 5.75 Å². The first-order valence-corrected chi connectivity index (χ1v) is 8.65.